The number of fused-ring (bicyclic) bond motifs is 1. The number of nitrogens with one attached hydrogen (secondary N) is 1. The second-order valence-electron chi connectivity index (χ2n) is 3.00. The van der Waals surface area contributed by atoms with Crippen LogP contribution in [0.2, 0.25) is 5.28 Å². The van der Waals surface area contributed by atoms with Gasteiger partial charge in [-0.25, -0.2) is 0 Å². The summed E-state index contributed by atoms with van der Waals surface area (Å²) < 4.78 is 11.2. The molecule has 0 aliphatic heterocycles. The molecule has 0 aliphatic carbocycles. The first-order valence-electron chi connectivity index (χ1n) is 4.54. The van der Waals surface area contributed by atoms with Gasteiger partial charge in [-0.2, -0.15) is 9.97 Å². The van der Waals surface area contributed by atoms with Crippen molar-refractivity contribution < 1.29 is 9.47 Å². The predicted molar refractivity (Wildman–Crippen MR) is 64.0 cm³/mol. The molecular formula is C9H9BrClN3O2. The summed E-state index contributed by atoms with van der Waals surface area (Å²) in [5, 5.41) is 0.926. The van der Waals surface area contributed by atoms with Crippen molar-refractivity contribution in [2.45, 2.75) is 0 Å². The molecule has 0 bridgehead atoms. The third-order valence-corrected chi connectivity index (χ3v) is 2.74. The standard InChI is InChI=1S/C9H9BrClN3O2/c1-15-2-3-16-8-6-5(10)4-12-7(6)13-9(11)14-8/h4H,2-3H2,1H3,(H,12,13,14). The summed E-state index contributed by atoms with van der Waals surface area (Å²) in [6.45, 7) is 0.904. The van der Waals surface area contributed by atoms with Crippen molar-refractivity contribution in [2.24, 2.45) is 0 Å². The highest BCUT2D eigenvalue weighted by Crippen LogP contribution is 2.30. The maximum absolute atomic E-state index is 5.78. The molecule has 0 radical (unpaired) electrons. The Kier molecular flexibility index (Phi) is 3.63. The van der Waals surface area contributed by atoms with Crippen LogP contribution in [0.3, 0.4) is 0 Å². The number of hydrogen-bond donors (Lipinski definition) is 1. The Morgan fingerprint density at radius 3 is 3.00 bits per heavy atom. The van der Waals surface area contributed by atoms with Crippen molar-refractivity contribution in [2.75, 3.05) is 20.3 Å². The molecule has 0 amide bonds. The molecule has 2 aromatic heterocycles. The van der Waals surface area contributed by atoms with Gasteiger partial charge < -0.3 is 14.5 Å². The van der Waals surface area contributed by atoms with E-state index in [2.05, 4.69) is 30.9 Å². The molecule has 16 heavy (non-hydrogen) atoms. The fourth-order valence-corrected chi connectivity index (χ4v) is 1.90. The lowest BCUT2D eigenvalue weighted by Crippen LogP contribution is -2.06. The molecular weight excluding hydrogens is 297 g/mol. The molecule has 7 heteroatoms. The Labute approximate surface area is 105 Å². The molecule has 0 saturated carbocycles. The van der Waals surface area contributed by atoms with Crippen LogP contribution < -0.4 is 4.74 Å². The number of hydrogen-bond acceptors (Lipinski definition) is 4. The number of methoxy groups -OCH3 is 1. The van der Waals surface area contributed by atoms with E-state index in [9.17, 15) is 0 Å². The zero-order valence-electron chi connectivity index (χ0n) is 8.46. The van der Waals surface area contributed by atoms with E-state index >= 15 is 0 Å². The van der Waals surface area contributed by atoms with Crippen molar-refractivity contribution in [1.82, 2.24) is 15.0 Å². The van der Waals surface area contributed by atoms with Crippen LogP contribution in [0.4, 0.5) is 0 Å². The van der Waals surface area contributed by atoms with E-state index in [0.717, 1.165) is 9.86 Å². The fraction of sp³-hybridized carbons (Fsp3) is 0.333. The lowest BCUT2D eigenvalue weighted by molar-refractivity contribution is 0.144. The Morgan fingerprint density at radius 2 is 2.25 bits per heavy atom. The van der Waals surface area contributed by atoms with E-state index in [1.54, 1.807) is 13.3 Å². The van der Waals surface area contributed by atoms with Crippen LogP contribution in [0.25, 0.3) is 11.0 Å². The molecule has 1 N–H and O–H groups in total. The monoisotopic (exact) mass is 305 g/mol. The highest BCUT2D eigenvalue weighted by Gasteiger charge is 2.12. The van der Waals surface area contributed by atoms with E-state index in [0.29, 0.717) is 24.7 Å². The van der Waals surface area contributed by atoms with Gasteiger partial charge >= 0.3 is 0 Å². The van der Waals surface area contributed by atoms with E-state index in [1.165, 1.54) is 0 Å². The number of nitrogens with zero attached hydrogens (tertiary/aromatic N) is 2. The van der Waals surface area contributed by atoms with Gasteiger partial charge in [-0.05, 0) is 27.5 Å². The van der Waals surface area contributed by atoms with Crippen LogP contribution in [-0.2, 0) is 4.74 Å². The molecule has 0 atom stereocenters. The largest absolute Gasteiger partial charge is 0.475 e. The topological polar surface area (TPSA) is 60.0 Å². The molecule has 2 heterocycles. The number of rotatable bonds is 4. The van der Waals surface area contributed by atoms with E-state index < -0.39 is 0 Å². The van der Waals surface area contributed by atoms with Gasteiger partial charge in [0.05, 0.1) is 12.0 Å². The molecule has 2 rings (SSSR count). The third kappa shape index (κ3) is 2.28. The molecule has 0 unspecified atom stereocenters. The smallest absolute Gasteiger partial charge is 0.228 e. The zero-order chi connectivity index (χ0) is 11.5. The molecule has 5 nitrogen and oxygen atoms in total. The predicted octanol–water partition coefficient (Wildman–Crippen LogP) is 2.40. The molecule has 0 spiro atoms. The Bertz CT molecular complexity index is 503. The SMILES string of the molecule is COCCOc1nc(Cl)nc2[nH]cc(Br)c12. The van der Waals surface area contributed by atoms with Crippen LogP contribution in [0, 0.1) is 0 Å². The van der Waals surface area contributed by atoms with E-state index in [1.807, 2.05) is 0 Å². The van der Waals surface area contributed by atoms with Gasteiger partial charge in [0.1, 0.15) is 12.3 Å². The van der Waals surface area contributed by atoms with Crippen LogP contribution in [0.15, 0.2) is 10.7 Å². The summed E-state index contributed by atoms with van der Waals surface area (Å²) >= 11 is 9.16. The minimum atomic E-state index is 0.147. The summed E-state index contributed by atoms with van der Waals surface area (Å²) in [4.78, 5) is 11.0. The molecule has 0 saturated heterocycles. The lowest BCUT2D eigenvalue weighted by Gasteiger charge is -2.05. The van der Waals surface area contributed by atoms with Crippen molar-refractivity contribution in [3.05, 3.63) is 16.0 Å². The zero-order valence-corrected chi connectivity index (χ0v) is 10.8. The molecule has 86 valence electrons. The van der Waals surface area contributed by atoms with Crippen molar-refractivity contribution >= 4 is 38.6 Å². The van der Waals surface area contributed by atoms with Crippen LogP contribution in [0.1, 0.15) is 0 Å². The van der Waals surface area contributed by atoms with E-state index in [4.69, 9.17) is 21.1 Å². The Hall–Kier alpha value is -0.850. The Morgan fingerprint density at radius 1 is 1.44 bits per heavy atom. The molecule has 2 aromatic rings. The Balaban J connectivity index is 2.37. The molecule has 0 aromatic carbocycles. The maximum Gasteiger partial charge on any atom is 0.228 e. The van der Waals surface area contributed by atoms with Gasteiger partial charge in [0.25, 0.3) is 0 Å². The van der Waals surface area contributed by atoms with Gasteiger partial charge in [0.15, 0.2) is 0 Å². The second kappa shape index (κ2) is 4.99. The average molecular weight is 307 g/mol. The fourth-order valence-electron chi connectivity index (χ4n) is 1.26. The second-order valence-corrected chi connectivity index (χ2v) is 4.19. The molecule has 0 fully saturated rings. The number of ether oxygens (including phenoxy) is 2. The quantitative estimate of drug-likeness (QED) is 0.696. The first-order chi connectivity index (χ1) is 7.72. The summed E-state index contributed by atoms with van der Waals surface area (Å²) in [5.41, 5.74) is 0.638. The summed E-state index contributed by atoms with van der Waals surface area (Å²) in [6.07, 6.45) is 1.76. The minimum absolute atomic E-state index is 0.147. The lowest BCUT2D eigenvalue weighted by atomic mass is 10.4. The highest BCUT2D eigenvalue weighted by molar-refractivity contribution is 9.10. The first kappa shape index (κ1) is 11.6. The van der Waals surface area contributed by atoms with Gasteiger partial charge in [-0.15, -0.1) is 0 Å². The van der Waals surface area contributed by atoms with Gasteiger partial charge in [-0.3, -0.25) is 0 Å². The third-order valence-electron chi connectivity index (χ3n) is 1.95. The van der Waals surface area contributed by atoms with Gasteiger partial charge in [0, 0.05) is 17.8 Å². The van der Waals surface area contributed by atoms with Gasteiger partial charge in [0.2, 0.25) is 11.2 Å². The van der Waals surface area contributed by atoms with Crippen molar-refractivity contribution in [3.63, 3.8) is 0 Å². The highest BCUT2D eigenvalue weighted by atomic mass is 79.9. The first-order valence-corrected chi connectivity index (χ1v) is 5.71. The summed E-state index contributed by atoms with van der Waals surface area (Å²) in [5.74, 6) is 0.445. The normalized spacial score (nSPS) is 10.9. The van der Waals surface area contributed by atoms with Crippen LogP contribution in [-0.4, -0.2) is 35.3 Å². The van der Waals surface area contributed by atoms with E-state index in [-0.39, 0.29) is 5.28 Å². The number of halogens is 2. The number of aromatic amines is 1. The van der Waals surface area contributed by atoms with Gasteiger partial charge in [-0.1, -0.05) is 0 Å². The summed E-state index contributed by atoms with van der Waals surface area (Å²) in [6, 6.07) is 0. The summed E-state index contributed by atoms with van der Waals surface area (Å²) in [7, 11) is 1.61. The number of aromatic nitrogens is 3. The number of H-pyrrole nitrogens is 1. The maximum atomic E-state index is 5.78. The van der Waals surface area contributed by atoms with Crippen molar-refractivity contribution in [1.29, 1.82) is 0 Å². The minimum Gasteiger partial charge on any atom is -0.475 e. The molecule has 0 aliphatic rings. The van der Waals surface area contributed by atoms with Crippen molar-refractivity contribution in [3.8, 4) is 5.88 Å². The average Bonchev–Trinajstić information content (AvgIpc) is 2.60. The van der Waals surface area contributed by atoms with Crippen LogP contribution in [0.5, 0.6) is 5.88 Å². The van der Waals surface area contributed by atoms with Crippen LogP contribution >= 0.6 is 27.5 Å².